The summed E-state index contributed by atoms with van der Waals surface area (Å²) < 4.78 is 5.26. The molecule has 1 heterocycles. The van der Waals surface area contributed by atoms with Gasteiger partial charge < -0.3 is 15.0 Å². The molecule has 0 aromatic heterocycles. The standard InChI is InChI=1S/C26H40N4O4/c1-26(2)23(30(33)24(31)27-20-10-6-4-7-11-20)29(21-12-8-5-9-13-21)25(32)28(26)18-19-14-16-22(34-3)17-15-19/h14-17,20-21,23,33H,4-13,18H2,1-3H3,(H,27,31)/t23-/m1/s1. The van der Waals surface area contributed by atoms with Crippen LogP contribution in [0, 0.1) is 0 Å². The zero-order valence-electron chi connectivity index (χ0n) is 20.8. The third-order valence-electron chi connectivity index (χ3n) is 7.88. The van der Waals surface area contributed by atoms with Crippen LogP contribution in [0.4, 0.5) is 9.59 Å². The highest BCUT2D eigenvalue weighted by atomic mass is 16.5. The van der Waals surface area contributed by atoms with E-state index < -0.39 is 17.7 Å². The minimum absolute atomic E-state index is 0.0172. The van der Waals surface area contributed by atoms with Crippen molar-refractivity contribution in [2.24, 2.45) is 0 Å². The second-order valence-corrected chi connectivity index (χ2v) is 10.6. The molecule has 1 atom stereocenters. The van der Waals surface area contributed by atoms with Gasteiger partial charge in [0.1, 0.15) is 5.75 Å². The molecule has 188 valence electrons. The fraction of sp³-hybridized carbons (Fsp3) is 0.692. The average molecular weight is 473 g/mol. The van der Waals surface area contributed by atoms with Gasteiger partial charge >= 0.3 is 12.1 Å². The van der Waals surface area contributed by atoms with Crippen molar-refractivity contribution in [1.82, 2.24) is 20.2 Å². The molecule has 1 aromatic rings. The fourth-order valence-electron chi connectivity index (χ4n) is 5.89. The largest absolute Gasteiger partial charge is 0.497 e. The monoisotopic (exact) mass is 472 g/mol. The number of ether oxygens (including phenoxy) is 1. The van der Waals surface area contributed by atoms with Crippen molar-refractivity contribution in [2.75, 3.05) is 7.11 Å². The summed E-state index contributed by atoms with van der Waals surface area (Å²) in [5, 5.41) is 15.1. The van der Waals surface area contributed by atoms with E-state index in [4.69, 9.17) is 4.74 Å². The van der Waals surface area contributed by atoms with Crippen LogP contribution in [0.25, 0.3) is 0 Å². The summed E-state index contributed by atoms with van der Waals surface area (Å²) in [4.78, 5) is 30.6. The van der Waals surface area contributed by atoms with Crippen molar-refractivity contribution in [3.63, 3.8) is 0 Å². The Morgan fingerprint density at radius 3 is 2.24 bits per heavy atom. The molecule has 8 heteroatoms. The first-order chi connectivity index (χ1) is 16.3. The van der Waals surface area contributed by atoms with Gasteiger partial charge in [0.05, 0.1) is 12.6 Å². The van der Waals surface area contributed by atoms with Gasteiger partial charge in [0.2, 0.25) is 0 Å². The van der Waals surface area contributed by atoms with Gasteiger partial charge in [0, 0.05) is 18.6 Å². The van der Waals surface area contributed by atoms with E-state index in [-0.39, 0.29) is 18.1 Å². The molecule has 1 aromatic carbocycles. The van der Waals surface area contributed by atoms with E-state index >= 15 is 0 Å². The number of benzene rings is 1. The van der Waals surface area contributed by atoms with Crippen LogP contribution in [0.1, 0.15) is 83.6 Å². The molecular weight excluding hydrogens is 432 g/mol. The van der Waals surface area contributed by atoms with E-state index in [0.29, 0.717) is 6.54 Å². The van der Waals surface area contributed by atoms with Crippen LogP contribution in [0.5, 0.6) is 5.75 Å². The van der Waals surface area contributed by atoms with Crippen LogP contribution < -0.4 is 10.1 Å². The molecule has 0 unspecified atom stereocenters. The number of amides is 4. The van der Waals surface area contributed by atoms with Crippen LogP contribution in [0.3, 0.4) is 0 Å². The minimum atomic E-state index is -0.785. The third-order valence-corrected chi connectivity index (χ3v) is 7.88. The first kappa shape index (κ1) is 24.6. The van der Waals surface area contributed by atoms with Gasteiger partial charge in [-0.15, -0.1) is 0 Å². The zero-order valence-corrected chi connectivity index (χ0v) is 20.8. The van der Waals surface area contributed by atoms with Gasteiger partial charge in [-0.1, -0.05) is 50.7 Å². The number of rotatable bonds is 6. The van der Waals surface area contributed by atoms with Gasteiger partial charge in [0.15, 0.2) is 6.17 Å². The second kappa shape index (κ2) is 10.4. The molecule has 2 saturated carbocycles. The Hall–Kier alpha value is -2.48. The predicted molar refractivity (Wildman–Crippen MR) is 130 cm³/mol. The van der Waals surface area contributed by atoms with Crippen molar-refractivity contribution in [2.45, 2.75) is 108 Å². The molecule has 0 spiro atoms. The van der Waals surface area contributed by atoms with Crippen molar-refractivity contribution >= 4 is 12.1 Å². The summed E-state index contributed by atoms with van der Waals surface area (Å²) in [6.45, 7) is 4.28. The molecular formula is C26H40N4O4. The van der Waals surface area contributed by atoms with Gasteiger partial charge in [-0.25, -0.2) is 9.59 Å². The topological polar surface area (TPSA) is 85.3 Å². The minimum Gasteiger partial charge on any atom is -0.497 e. The number of carbonyl (C=O) groups is 2. The normalized spacial score (nSPS) is 23.8. The molecule has 34 heavy (non-hydrogen) atoms. The summed E-state index contributed by atoms with van der Waals surface area (Å²) in [5.74, 6) is 0.762. The lowest BCUT2D eigenvalue weighted by Crippen LogP contribution is -2.61. The molecule has 8 nitrogen and oxygen atoms in total. The molecule has 2 aliphatic carbocycles. The highest BCUT2D eigenvalue weighted by molar-refractivity contribution is 5.81. The number of urea groups is 2. The summed E-state index contributed by atoms with van der Waals surface area (Å²) in [6, 6.07) is 7.13. The highest BCUT2D eigenvalue weighted by Gasteiger charge is 2.57. The Bertz CT molecular complexity index is 847. The number of hydrogen-bond donors (Lipinski definition) is 2. The van der Waals surface area contributed by atoms with Gasteiger partial charge in [-0.05, 0) is 57.2 Å². The Morgan fingerprint density at radius 1 is 1.06 bits per heavy atom. The lowest BCUT2D eigenvalue weighted by Gasteiger charge is -2.41. The molecule has 4 amide bonds. The third kappa shape index (κ3) is 4.97. The van der Waals surface area contributed by atoms with Gasteiger partial charge in [-0.2, -0.15) is 5.06 Å². The maximum absolute atomic E-state index is 13.8. The Balaban J connectivity index is 1.59. The van der Waals surface area contributed by atoms with E-state index in [9.17, 15) is 14.8 Å². The Morgan fingerprint density at radius 2 is 1.65 bits per heavy atom. The second-order valence-electron chi connectivity index (χ2n) is 10.6. The van der Waals surface area contributed by atoms with Crippen LogP contribution >= 0.6 is 0 Å². The predicted octanol–water partition coefficient (Wildman–Crippen LogP) is 5.10. The van der Waals surface area contributed by atoms with Crippen molar-refractivity contribution < 1.29 is 19.5 Å². The molecule has 1 saturated heterocycles. The van der Waals surface area contributed by atoms with E-state index in [2.05, 4.69) is 5.32 Å². The molecule has 4 rings (SSSR count). The Kier molecular flexibility index (Phi) is 7.55. The molecule has 0 radical (unpaired) electrons. The first-order valence-electron chi connectivity index (χ1n) is 12.8. The average Bonchev–Trinajstić information content (AvgIpc) is 3.05. The van der Waals surface area contributed by atoms with Gasteiger partial charge in [-0.3, -0.25) is 10.1 Å². The van der Waals surface area contributed by atoms with E-state index in [1.165, 1.54) is 6.42 Å². The SMILES string of the molecule is COc1ccc(CN2C(=O)N(C3CCCCC3)[C@H](N(O)C(=O)NC3CCCCC3)C2(C)C)cc1. The van der Waals surface area contributed by atoms with Crippen molar-refractivity contribution in [3.8, 4) is 5.75 Å². The quantitative estimate of drug-likeness (QED) is 0.445. The Labute approximate surface area is 203 Å². The highest BCUT2D eigenvalue weighted by Crippen LogP contribution is 2.40. The molecule has 3 aliphatic rings. The summed E-state index contributed by atoms with van der Waals surface area (Å²) in [7, 11) is 1.63. The lowest BCUT2D eigenvalue weighted by molar-refractivity contribution is -0.141. The first-order valence-corrected chi connectivity index (χ1v) is 12.8. The van der Waals surface area contributed by atoms with Crippen molar-refractivity contribution in [3.05, 3.63) is 29.8 Å². The van der Waals surface area contributed by atoms with Crippen LogP contribution in [-0.4, -0.2) is 63.0 Å². The number of carbonyl (C=O) groups excluding carboxylic acids is 2. The molecule has 2 N–H and O–H groups in total. The summed E-state index contributed by atoms with van der Waals surface area (Å²) in [6.07, 6.45) is 9.54. The maximum atomic E-state index is 13.8. The van der Waals surface area contributed by atoms with E-state index in [1.807, 2.05) is 38.1 Å². The number of methoxy groups -OCH3 is 1. The zero-order chi connectivity index (χ0) is 24.3. The smallest absolute Gasteiger partial charge is 0.343 e. The molecule has 0 bridgehead atoms. The molecule has 3 fully saturated rings. The van der Waals surface area contributed by atoms with E-state index in [0.717, 1.165) is 74.2 Å². The number of nitrogens with zero attached hydrogens (tertiary/aromatic N) is 3. The summed E-state index contributed by atoms with van der Waals surface area (Å²) in [5.41, 5.74) is 0.190. The van der Waals surface area contributed by atoms with Crippen molar-refractivity contribution in [1.29, 1.82) is 0 Å². The lowest BCUT2D eigenvalue weighted by atomic mass is 9.92. The van der Waals surface area contributed by atoms with Gasteiger partial charge in [0.25, 0.3) is 0 Å². The van der Waals surface area contributed by atoms with Crippen LogP contribution in [0.2, 0.25) is 0 Å². The number of hydroxylamine groups is 2. The van der Waals surface area contributed by atoms with Crippen LogP contribution in [-0.2, 0) is 6.54 Å². The number of hydrogen-bond acceptors (Lipinski definition) is 4. The molecule has 1 aliphatic heterocycles. The van der Waals surface area contributed by atoms with Crippen LogP contribution in [0.15, 0.2) is 24.3 Å². The van der Waals surface area contributed by atoms with E-state index in [1.54, 1.807) is 16.9 Å². The fourth-order valence-corrected chi connectivity index (χ4v) is 5.89. The maximum Gasteiger partial charge on any atom is 0.343 e. The number of nitrogens with one attached hydrogen (secondary N) is 1. The summed E-state index contributed by atoms with van der Waals surface area (Å²) >= 11 is 0.